The molecule has 610 valence electrons. The van der Waals surface area contributed by atoms with E-state index in [1.54, 1.807) is 73.1 Å². The number of guanidine groups is 1. The Morgan fingerprint density at radius 3 is 1.35 bits per heavy atom. The quantitative estimate of drug-likeness (QED) is 0.0130. The Morgan fingerprint density at radius 2 is 0.884 bits per heavy atom. The van der Waals surface area contributed by atoms with Crippen molar-refractivity contribution in [3.05, 3.63) is 108 Å². The van der Waals surface area contributed by atoms with Crippen molar-refractivity contribution in [2.45, 2.75) is 217 Å². The summed E-state index contributed by atoms with van der Waals surface area (Å²) in [5.41, 5.74) is 43.1. The van der Waals surface area contributed by atoms with Gasteiger partial charge >= 0.3 is 0 Å². The molecule has 2 aliphatic rings. The van der Waals surface area contributed by atoms with Gasteiger partial charge in [0.15, 0.2) is 5.96 Å². The number of likely N-dealkylation sites (tertiary alicyclic amines) is 2. The van der Waals surface area contributed by atoms with Crippen LogP contribution in [0.1, 0.15) is 148 Å². The molecule has 5 aromatic rings. The SMILES string of the molecule is CC(=O)O.CC(C)CC(NC(=O)C(CC(C)C)NC(=O)C(Cc1c[nH]c2ccccc12)NC(=O)C(Cc1ccccc1)NC(=O)C(Cc1c[nH]c2ccccc12)NC(=O)C(CCC(N)=O)NC(=O)C(CCC(N)=O)NC(=O)C1CCCN1C(=O)C(CCCCN)NC(=O)C1CCCN1C(=O)C(N)CCCN=C(N)N)C(N)=O. The molecule has 2 saturated heterocycles. The molecule has 0 spiro atoms. The number of fused-ring (bicyclic) bond motifs is 2. The number of H-pyrrole nitrogens is 2. The molecule has 35 heteroatoms. The summed E-state index contributed by atoms with van der Waals surface area (Å²) < 4.78 is 0. The van der Waals surface area contributed by atoms with Gasteiger partial charge in [-0.1, -0.05) is 94.4 Å². The molecule has 7 rings (SSSR count). The molecule has 2 fully saturated rings. The highest BCUT2D eigenvalue weighted by Gasteiger charge is 2.43. The van der Waals surface area contributed by atoms with Crippen LogP contribution in [0.4, 0.5) is 0 Å². The molecule has 3 aromatic carbocycles. The summed E-state index contributed by atoms with van der Waals surface area (Å²) in [6.07, 6.45) is 4.13. The van der Waals surface area contributed by atoms with Crippen LogP contribution in [-0.4, -0.2) is 206 Å². The summed E-state index contributed by atoms with van der Waals surface area (Å²) in [7, 11) is 0. The van der Waals surface area contributed by atoms with Crippen molar-refractivity contribution >= 4 is 111 Å². The van der Waals surface area contributed by atoms with Gasteiger partial charge in [-0.15, -0.1) is 0 Å². The lowest BCUT2D eigenvalue weighted by molar-refractivity contribution is -0.144. The number of aromatic nitrogens is 2. The summed E-state index contributed by atoms with van der Waals surface area (Å²) in [5, 5.41) is 30.9. The van der Waals surface area contributed by atoms with Gasteiger partial charge in [0.25, 0.3) is 5.97 Å². The number of aliphatic carboxylic acids is 1. The van der Waals surface area contributed by atoms with Crippen molar-refractivity contribution < 1.29 is 72.2 Å². The Hall–Kier alpha value is -11.5. The zero-order chi connectivity index (χ0) is 82.3. The first kappa shape index (κ1) is 89.4. The van der Waals surface area contributed by atoms with Crippen LogP contribution < -0.4 is 82.7 Å². The highest BCUT2D eigenvalue weighted by Crippen LogP contribution is 2.26. The van der Waals surface area contributed by atoms with Crippen molar-refractivity contribution in [2.24, 2.45) is 57.0 Å². The van der Waals surface area contributed by atoms with E-state index in [1.807, 2.05) is 45.9 Å². The lowest BCUT2D eigenvalue weighted by Crippen LogP contribution is -2.61. The Kier molecular flexibility index (Phi) is 35.4. The third kappa shape index (κ3) is 28.1. The average molecular weight is 1560 g/mol. The van der Waals surface area contributed by atoms with E-state index in [0.717, 1.165) is 17.8 Å². The number of primary amides is 3. The molecule has 112 heavy (non-hydrogen) atoms. The number of benzene rings is 3. The van der Waals surface area contributed by atoms with Gasteiger partial charge in [-0.05, 0) is 131 Å². The number of rotatable bonds is 43. The molecule has 0 bridgehead atoms. The van der Waals surface area contributed by atoms with Crippen LogP contribution in [-0.2, 0) is 86.4 Å². The van der Waals surface area contributed by atoms with E-state index >= 15 is 14.4 Å². The second-order valence-electron chi connectivity index (χ2n) is 29.2. The summed E-state index contributed by atoms with van der Waals surface area (Å²) in [5.74, 6) is -11.4. The Labute approximate surface area is 650 Å². The van der Waals surface area contributed by atoms with E-state index < -0.39 is 175 Å². The van der Waals surface area contributed by atoms with Gasteiger partial charge in [-0.3, -0.25) is 72.1 Å². The predicted octanol–water partition coefficient (Wildman–Crippen LogP) is -0.753. The highest BCUT2D eigenvalue weighted by molar-refractivity contribution is 6.00. The molecule has 13 amide bonds. The number of carboxylic acid groups (broad SMARTS) is 1. The van der Waals surface area contributed by atoms with Crippen molar-refractivity contribution in [1.82, 2.24) is 62.3 Å². The third-order valence-corrected chi connectivity index (χ3v) is 19.2. The first-order valence-corrected chi connectivity index (χ1v) is 38.0. The number of carbonyl (C=O) groups excluding carboxylic acids is 13. The zero-order valence-electron chi connectivity index (χ0n) is 64.3. The molecule has 35 nitrogen and oxygen atoms in total. The number of carboxylic acids is 1. The lowest BCUT2D eigenvalue weighted by atomic mass is 9.98. The average Bonchev–Trinajstić information content (AvgIpc) is 1.65. The Bertz CT molecular complexity index is 4100. The van der Waals surface area contributed by atoms with Crippen LogP contribution in [0, 0.1) is 11.8 Å². The lowest BCUT2D eigenvalue weighted by Gasteiger charge is -2.32. The number of unbranched alkanes of at least 4 members (excludes halogenated alkanes) is 1. The topological polar surface area (TPSA) is 588 Å². The van der Waals surface area contributed by atoms with Crippen molar-refractivity contribution in [1.29, 1.82) is 0 Å². The molecule has 0 aliphatic carbocycles. The molecule has 25 N–H and O–H groups in total. The van der Waals surface area contributed by atoms with Crippen LogP contribution in [0.15, 0.2) is 96.2 Å². The van der Waals surface area contributed by atoms with Crippen LogP contribution in [0.3, 0.4) is 0 Å². The number of para-hydroxylation sites is 2. The van der Waals surface area contributed by atoms with Gasteiger partial charge in [-0.25, -0.2) is 0 Å². The maximum atomic E-state index is 15.4. The van der Waals surface area contributed by atoms with Gasteiger partial charge in [-0.2, -0.15) is 0 Å². The van der Waals surface area contributed by atoms with Crippen LogP contribution in [0.25, 0.3) is 21.8 Å². The largest absolute Gasteiger partial charge is 0.481 e. The van der Waals surface area contributed by atoms with Gasteiger partial charge < -0.3 is 108 Å². The molecule has 0 saturated carbocycles. The standard InChI is InChI=1S/C75H108N20O13.C2H4O2/c1-42(2)35-55(64(80)98)89-67(101)56(36-43(3)4)90-69(103)59(39-46-41-85-51-23-11-9-20-48(46)51)93-68(102)57(37-44-17-6-5-7-18-44)91-70(104)58(38-45-40-84-50-22-10-8-19-47(45)50)92-66(100)52(27-29-62(78)96)86-65(99)53(28-30-63(79)97)87-71(105)61-26-16-34-95(61)74(108)54(24-12-13-31-76)88-72(106)60-25-15-33-94(60)73(107)49(77)21-14-32-83-75(81)82;1-2(3)4/h5-11,17-20,22-23,40-43,49,52-61,84-85H,12-16,21,24-39,76-77H2,1-4H3,(H2,78,96)(H2,79,97)(H2,80,98)(H,86,99)(H,87,105)(H,88,106)(H,89,101)(H,90,103)(H,91,104)(H,92,100)(H,93,102)(H4,81,82,83);1H3,(H,3,4). The number of nitrogens with zero attached hydrogens (tertiary/aromatic N) is 3. The van der Waals surface area contributed by atoms with Crippen LogP contribution >= 0.6 is 0 Å². The second-order valence-corrected chi connectivity index (χ2v) is 29.2. The first-order chi connectivity index (χ1) is 53.2. The summed E-state index contributed by atoms with van der Waals surface area (Å²) in [4.78, 5) is 206. The van der Waals surface area contributed by atoms with Gasteiger partial charge in [0.1, 0.15) is 60.4 Å². The normalized spacial score (nSPS) is 16.3. The number of hydrogen-bond donors (Lipinski definition) is 18. The molecular formula is C77H112N20O15. The fourth-order valence-electron chi connectivity index (χ4n) is 13.6. The Morgan fingerprint density at radius 1 is 0.482 bits per heavy atom. The Balaban J connectivity index is 0.00000477. The molecule has 2 aromatic heterocycles. The summed E-state index contributed by atoms with van der Waals surface area (Å²) in [6, 6.07) is 8.67. The van der Waals surface area contributed by atoms with E-state index in [1.165, 1.54) is 9.80 Å². The smallest absolute Gasteiger partial charge is 0.300 e. The van der Waals surface area contributed by atoms with E-state index in [-0.39, 0.29) is 95.3 Å². The minimum absolute atomic E-state index is 0.0342. The number of aliphatic imine (C=N–C) groups is 1. The third-order valence-electron chi connectivity index (χ3n) is 19.2. The minimum atomic E-state index is -1.69. The van der Waals surface area contributed by atoms with Gasteiger partial charge in [0, 0.05) is 92.9 Å². The fraction of sp³-hybridized carbons (Fsp3) is 0.519. The van der Waals surface area contributed by atoms with Crippen LogP contribution in [0.5, 0.6) is 0 Å². The van der Waals surface area contributed by atoms with Crippen molar-refractivity contribution in [3.8, 4) is 0 Å². The fourth-order valence-corrected chi connectivity index (χ4v) is 13.6. The molecule has 0 radical (unpaired) electrons. The predicted molar refractivity (Wildman–Crippen MR) is 418 cm³/mol. The highest BCUT2D eigenvalue weighted by atomic mass is 16.4. The molecule has 11 atom stereocenters. The second kappa shape index (κ2) is 44.4. The van der Waals surface area contributed by atoms with E-state index in [4.69, 9.17) is 50.0 Å². The summed E-state index contributed by atoms with van der Waals surface area (Å²) in [6.45, 7) is 9.33. The van der Waals surface area contributed by atoms with E-state index in [2.05, 4.69) is 57.5 Å². The molecule has 11 unspecified atom stereocenters. The van der Waals surface area contributed by atoms with E-state index in [9.17, 15) is 47.9 Å². The molecular weight excluding hydrogens is 1440 g/mol. The zero-order valence-corrected chi connectivity index (χ0v) is 64.3. The molecule has 2 aliphatic heterocycles. The molecule has 4 heterocycles. The maximum Gasteiger partial charge on any atom is 0.300 e. The minimum Gasteiger partial charge on any atom is -0.481 e. The number of hydrogen-bond acceptors (Lipinski definition) is 17. The number of carbonyl (C=O) groups is 14. The summed E-state index contributed by atoms with van der Waals surface area (Å²) >= 11 is 0. The first-order valence-electron chi connectivity index (χ1n) is 38.0. The van der Waals surface area contributed by atoms with Crippen molar-refractivity contribution in [2.75, 3.05) is 26.2 Å². The number of amides is 13. The number of aromatic amines is 2. The number of nitrogens with two attached hydrogens (primary N) is 7. The van der Waals surface area contributed by atoms with Gasteiger partial charge in [0.2, 0.25) is 76.8 Å². The van der Waals surface area contributed by atoms with Gasteiger partial charge in [0.05, 0.1) is 6.04 Å². The van der Waals surface area contributed by atoms with Crippen LogP contribution in [0.2, 0.25) is 0 Å². The number of nitrogens with one attached hydrogen (secondary N) is 10. The van der Waals surface area contributed by atoms with E-state index in [0.29, 0.717) is 66.1 Å². The monoisotopic (exact) mass is 1560 g/mol. The maximum absolute atomic E-state index is 15.4. The van der Waals surface area contributed by atoms with Crippen molar-refractivity contribution in [3.63, 3.8) is 0 Å².